The molecule has 1 aliphatic heterocycles. The number of aromatic nitrogens is 2. The fraction of sp³-hybridized carbons (Fsp3) is 0.545. The Balaban J connectivity index is 1.63. The van der Waals surface area contributed by atoms with Crippen LogP contribution in [0.1, 0.15) is 60.7 Å². The van der Waals surface area contributed by atoms with E-state index in [0.29, 0.717) is 43.3 Å². The SMILES string of the molecule is COc1ccc(C(=O)N2CCC(N(CCc3noc(C(C)C)n3)C(C)=O)C2)c(C)c1. The van der Waals surface area contributed by atoms with Gasteiger partial charge in [-0.25, -0.2) is 0 Å². The van der Waals surface area contributed by atoms with Crippen LogP contribution in [0.3, 0.4) is 0 Å². The molecule has 8 heteroatoms. The first kappa shape index (κ1) is 21.8. The highest BCUT2D eigenvalue weighted by molar-refractivity contribution is 5.96. The predicted octanol–water partition coefficient (Wildman–Crippen LogP) is 2.82. The van der Waals surface area contributed by atoms with Crippen LogP contribution in [-0.2, 0) is 11.2 Å². The zero-order chi connectivity index (χ0) is 21.8. The van der Waals surface area contributed by atoms with Gasteiger partial charge < -0.3 is 19.1 Å². The third kappa shape index (κ3) is 4.80. The van der Waals surface area contributed by atoms with Gasteiger partial charge in [-0.15, -0.1) is 0 Å². The summed E-state index contributed by atoms with van der Waals surface area (Å²) in [5.41, 5.74) is 1.54. The van der Waals surface area contributed by atoms with Gasteiger partial charge in [0, 0.05) is 44.5 Å². The van der Waals surface area contributed by atoms with Gasteiger partial charge in [0.05, 0.1) is 13.2 Å². The molecule has 1 aromatic heterocycles. The third-order valence-corrected chi connectivity index (χ3v) is 5.51. The second-order valence-corrected chi connectivity index (χ2v) is 8.04. The maximum atomic E-state index is 13.0. The summed E-state index contributed by atoms with van der Waals surface area (Å²) in [6.07, 6.45) is 1.28. The van der Waals surface area contributed by atoms with E-state index in [0.717, 1.165) is 17.7 Å². The van der Waals surface area contributed by atoms with Crippen molar-refractivity contribution in [3.05, 3.63) is 41.0 Å². The molecular formula is C22H30N4O4. The minimum absolute atomic E-state index is 0.0116. The molecule has 0 saturated carbocycles. The van der Waals surface area contributed by atoms with Crippen LogP contribution in [0.5, 0.6) is 5.75 Å². The second kappa shape index (κ2) is 9.28. The Bertz CT molecular complexity index is 908. The number of amides is 2. The lowest BCUT2D eigenvalue weighted by atomic mass is 10.1. The highest BCUT2D eigenvalue weighted by Crippen LogP contribution is 2.23. The number of benzene rings is 1. The van der Waals surface area contributed by atoms with E-state index in [2.05, 4.69) is 10.1 Å². The van der Waals surface area contributed by atoms with E-state index < -0.39 is 0 Å². The van der Waals surface area contributed by atoms with Crippen LogP contribution in [0.25, 0.3) is 0 Å². The minimum Gasteiger partial charge on any atom is -0.497 e. The molecule has 30 heavy (non-hydrogen) atoms. The van der Waals surface area contributed by atoms with Gasteiger partial charge in [-0.05, 0) is 37.1 Å². The summed E-state index contributed by atoms with van der Waals surface area (Å²) in [6, 6.07) is 5.45. The summed E-state index contributed by atoms with van der Waals surface area (Å²) in [5, 5.41) is 4.00. The van der Waals surface area contributed by atoms with Crippen LogP contribution < -0.4 is 4.74 Å². The molecule has 2 aromatic rings. The van der Waals surface area contributed by atoms with Gasteiger partial charge in [0.1, 0.15) is 5.75 Å². The average molecular weight is 415 g/mol. The zero-order valence-electron chi connectivity index (χ0n) is 18.3. The average Bonchev–Trinajstić information content (AvgIpc) is 3.37. The first-order valence-electron chi connectivity index (χ1n) is 10.3. The number of rotatable bonds is 7. The predicted molar refractivity (Wildman–Crippen MR) is 112 cm³/mol. The zero-order valence-corrected chi connectivity index (χ0v) is 18.3. The normalized spacial score (nSPS) is 16.2. The molecule has 1 fully saturated rings. The lowest BCUT2D eigenvalue weighted by molar-refractivity contribution is -0.130. The smallest absolute Gasteiger partial charge is 0.254 e. The van der Waals surface area contributed by atoms with Gasteiger partial charge in [-0.1, -0.05) is 19.0 Å². The summed E-state index contributed by atoms with van der Waals surface area (Å²) in [6.45, 7) is 9.10. The number of hydrogen-bond donors (Lipinski definition) is 0. The van der Waals surface area contributed by atoms with Crippen molar-refractivity contribution in [3.8, 4) is 5.75 Å². The Labute approximate surface area is 177 Å². The van der Waals surface area contributed by atoms with E-state index in [-0.39, 0.29) is 23.8 Å². The Morgan fingerprint density at radius 2 is 2.13 bits per heavy atom. The molecule has 3 rings (SSSR count). The van der Waals surface area contributed by atoms with Crippen molar-refractivity contribution in [2.75, 3.05) is 26.7 Å². The third-order valence-electron chi connectivity index (χ3n) is 5.51. The Kier molecular flexibility index (Phi) is 6.74. The Morgan fingerprint density at radius 1 is 1.37 bits per heavy atom. The number of likely N-dealkylation sites (tertiary alicyclic amines) is 1. The molecule has 0 aliphatic carbocycles. The molecule has 1 atom stereocenters. The molecule has 0 spiro atoms. The summed E-state index contributed by atoms with van der Waals surface area (Å²) >= 11 is 0. The molecule has 2 amide bonds. The highest BCUT2D eigenvalue weighted by Gasteiger charge is 2.32. The number of hydrogen-bond acceptors (Lipinski definition) is 6. The second-order valence-electron chi connectivity index (χ2n) is 8.04. The van der Waals surface area contributed by atoms with Gasteiger partial charge >= 0.3 is 0 Å². The maximum absolute atomic E-state index is 13.0. The highest BCUT2D eigenvalue weighted by atomic mass is 16.5. The van der Waals surface area contributed by atoms with Crippen LogP contribution >= 0.6 is 0 Å². The van der Waals surface area contributed by atoms with E-state index in [1.807, 2.05) is 36.6 Å². The number of carbonyl (C=O) groups excluding carboxylic acids is 2. The van der Waals surface area contributed by atoms with Crippen LogP contribution in [0.15, 0.2) is 22.7 Å². The summed E-state index contributed by atoms with van der Waals surface area (Å²) < 4.78 is 10.5. The van der Waals surface area contributed by atoms with Crippen molar-refractivity contribution >= 4 is 11.8 Å². The van der Waals surface area contributed by atoms with Crippen molar-refractivity contribution in [2.45, 2.75) is 52.5 Å². The monoisotopic (exact) mass is 414 g/mol. The van der Waals surface area contributed by atoms with Gasteiger partial charge in [0.2, 0.25) is 11.8 Å². The number of nitrogens with zero attached hydrogens (tertiary/aromatic N) is 4. The topological polar surface area (TPSA) is 88.8 Å². The molecule has 162 valence electrons. The van der Waals surface area contributed by atoms with Gasteiger partial charge in [-0.2, -0.15) is 4.98 Å². The van der Waals surface area contributed by atoms with Gasteiger partial charge in [0.15, 0.2) is 5.82 Å². The van der Waals surface area contributed by atoms with Crippen LogP contribution in [0, 0.1) is 6.92 Å². The molecular weight excluding hydrogens is 384 g/mol. The van der Waals surface area contributed by atoms with Crippen molar-refractivity contribution in [2.24, 2.45) is 0 Å². The number of aryl methyl sites for hydroxylation is 1. The number of ether oxygens (including phenoxy) is 1. The minimum atomic E-state index is -0.0131. The van der Waals surface area contributed by atoms with E-state index >= 15 is 0 Å². The first-order valence-corrected chi connectivity index (χ1v) is 10.3. The van der Waals surface area contributed by atoms with Crippen molar-refractivity contribution in [3.63, 3.8) is 0 Å². The summed E-state index contributed by atoms with van der Waals surface area (Å²) in [7, 11) is 1.61. The van der Waals surface area contributed by atoms with Crippen molar-refractivity contribution < 1.29 is 18.8 Å². The summed E-state index contributed by atoms with van der Waals surface area (Å²) in [4.78, 5) is 33.3. The molecule has 0 bridgehead atoms. The quantitative estimate of drug-likeness (QED) is 0.692. The number of carbonyl (C=O) groups is 2. The largest absolute Gasteiger partial charge is 0.497 e. The van der Waals surface area contributed by atoms with E-state index in [4.69, 9.17) is 9.26 Å². The van der Waals surface area contributed by atoms with E-state index in [1.165, 1.54) is 0 Å². The van der Waals surface area contributed by atoms with Crippen LogP contribution in [0.4, 0.5) is 0 Å². The van der Waals surface area contributed by atoms with Gasteiger partial charge in [0.25, 0.3) is 5.91 Å². The van der Waals surface area contributed by atoms with Crippen LogP contribution in [0.2, 0.25) is 0 Å². The van der Waals surface area contributed by atoms with Crippen LogP contribution in [-0.4, -0.2) is 64.5 Å². The Hall–Kier alpha value is -2.90. The maximum Gasteiger partial charge on any atom is 0.254 e. The molecule has 1 aliphatic rings. The van der Waals surface area contributed by atoms with E-state index in [1.54, 1.807) is 26.2 Å². The van der Waals surface area contributed by atoms with Crippen molar-refractivity contribution in [1.29, 1.82) is 0 Å². The van der Waals surface area contributed by atoms with Crippen molar-refractivity contribution in [1.82, 2.24) is 19.9 Å². The molecule has 1 aromatic carbocycles. The lowest BCUT2D eigenvalue weighted by Crippen LogP contribution is -2.42. The van der Waals surface area contributed by atoms with Gasteiger partial charge in [-0.3, -0.25) is 9.59 Å². The fourth-order valence-corrected chi connectivity index (χ4v) is 3.78. The Morgan fingerprint density at radius 3 is 2.73 bits per heavy atom. The number of methoxy groups -OCH3 is 1. The molecule has 0 radical (unpaired) electrons. The molecule has 8 nitrogen and oxygen atoms in total. The standard InChI is InChI=1S/C22H30N4O4/c1-14(2)21-23-20(24-30-21)9-11-26(16(4)27)17-8-10-25(13-17)22(28)19-7-6-18(29-5)12-15(19)3/h6-7,12,14,17H,8-11,13H2,1-5H3. The molecule has 0 N–H and O–H groups in total. The molecule has 2 heterocycles. The summed E-state index contributed by atoms with van der Waals surface area (Å²) in [5.74, 6) is 2.08. The molecule has 1 saturated heterocycles. The molecule has 1 unspecified atom stereocenters. The first-order chi connectivity index (χ1) is 14.3. The van der Waals surface area contributed by atoms with E-state index in [9.17, 15) is 9.59 Å². The fourth-order valence-electron chi connectivity index (χ4n) is 3.78. The lowest BCUT2D eigenvalue weighted by Gasteiger charge is -2.28.